The highest BCUT2D eigenvalue weighted by molar-refractivity contribution is 7.10. The lowest BCUT2D eigenvalue weighted by Gasteiger charge is -2.31. The standard InChI is InChI=1S/C16H21F3N2O3S/c1-24-9-8-21(15(23)16(17,18)19)13(12-7-4-10-25-12)14(22)20-11-5-2-3-6-11/h4,7,10-11,13H,2-3,5-6,8-9H2,1H3,(H,20,22). The maximum Gasteiger partial charge on any atom is 0.471 e. The molecule has 1 fully saturated rings. The number of ether oxygens (including phenoxy) is 1. The molecule has 0 bridgehead atoms. The molecule has 1 N–H and O–H groups in total. The van der Waals surface area contributed by atoms with Crippen LogP contribution < -0.4 is 5.32 Å². The van der Waals surface area contributed by atoms with Crippen molar-refractivity contribution in [1.29, 1.82) is 0 Å². The molecule has 0 radical (unpaired) electrons. The summed E-state index contributed by atoms with van der Waals surface area (Å²) in [6, 6.07) is 1.83. The zero-order chi connectivity index (χ0) is 18.4. The van der Waals surface area contributed by atoms with Gasteiger partial charge in [0.2, 0.25) is 5.91 Å². The number of amides is 2. The lowest BCUT2D eigenvalue weighted by Crippen LogP contribution is -2.50. The molecule has 1 aromatic heterocycles. The Morgan fingerprint density at radius 3 is 2.60 bits per heavy atom. The summed E-state index contributed by atoms with van der Waals surface area (Å²) in [5.41, 5.74) is 0. The molecule has 0 saturated heterocycles. The fourth-order valence-electron chi connectivity index (χ4n) is 2.92. The van der Waals surface area contributed by atoms with Crippen molar-refractivity contribution >= 4 is 23.2 Å². The molecule has 0 aromatic carbocycles. The number of nitrogens with one attached hydrogen (secondary N) is 1. The summed E-state index contributed by atoms with van der Waals surface area (Å²) in [6.45, 7) is -0.421. The van der Waals surface area contributed by atoms with Gasteiger partial charge in [0.1, 0.15) is 6.04 Å². The fraction of sp³-hybridized carbons (Fsp3) is 0.625. The topological polar surface area (TPSA) is 58.6 Å². The van der Waals surface area contributed by atoms with Gasteiger partial charge in [-0.3, -0.25) is 9.59 Å². The van der Waals surface area contributed by atoms with E-state index in [9.17, 15) is 22.8 Å². The van der Waals surface area contributed by atoms with Crippen LogP contribution in [0, 0.1) is 0 Å². The first-order valence-corrected chi connectivity index (χ1v) is 8.93. The third-order valence-electron chi connectivity index (χ3n) is 4.11. The third kappa shape index (κ3) is 5.18. The maximum absolute atomic E-state index is 13.0. The Balaban J connectivity index is 2.29. The number of alkyl halides is 3. The van der Waals surface area contributed by atoms with Gasteiger partial charge >= 0.3 is 12.1 Å². The maximum atomic E-state index is 13.0. The first-order valence-electron chi connectivity index (χ1n) is 8.05. The Morgan fingerprint density at radius 2 is 2.08 bits per heavy atom. The monoisotopic (exact) mass is 378 g/mol. The third-order valence-corrected chi connectivity index (χ3v) is 5.04. The minimum absolute atomic E-state index is 0.0553. The highest BCUT2D eigenvalue weighted by atomic mass is 32.1. The van der Waals surface area contributed by atoms with Crippen molar-refractivity contribution in [2.24, 2.45) is 0 Å². The minimum atomic E-state index is -5.06. The van der Waals surface area contributed by atoms with Crippen molar-refractivity contribution in [2.75, 3.05) is 20.3 Å². The van der Waals surface area contributed by atoms with E-state index in [1.165, 1.54) is 7.11 Å². The Hall–Kier alpha value is -1.61. The van der Waals surface area contributed by atoms with E-state index in [1.807, 2.05) is 0 Å². The van der Waals surface area contributed by atoms with Gasteiger partial charge in [-0.1, -0.05) is 18.9 Å². The number of halogens is 3. The van der Waals surface area contributed by atoms with Gasteiger partial charge in [0.25, 0.3) is 0 Å². The number of hydrogen-bond donors (Lipinski definition) is 1. The quantitative estimate of drug-likeness (QED) is 0.794. The van der Waals surface area contributed by atoms with Crippen LogP contribution in [0.3, 0.4) is 0 Å². The zero-order valence-electron chi connectivity index (χ0n) is 13.8. The van der Waals surface area contributed by atoms with Gasteiger partial charge in [-0.2, -0.15) is 13.2 Å². The Morgan fingerprint density at radius 1 is 1.40 bits per heavy atom. The van der Waals surface area contributed by atoms with Crippen LogP contribution in [0.4, 0.5) is 13.2 Å². The van der Waals surface area contributed by atoms with E-state index >= 15 is 0 Å². The molecule has 140 valence electrons. The Labute approximate surface area is 148 Å². The summed E-state index contributed by atoms with van der Waals surface area (Å²) >= 11 is 1.14. The van der Waals surface area contributed by atoms with Gasteiger partial charge in [-0.05, 0) is 24.3 Å². The summed E-state index contributed by atoms with van der Waals surface area (Å²) in [5, 5.41) is 4.46. The summed E-state index contributed by atoms with van der Waals surface area (Å²) < 4.78 is 43.9. The number of methoxy groups -OCH3 is 1. The number of carbonyl (C=O) groups excluding carboxylic acids is 2. The van der Waals surface area contributed by atoms with Gasteiger partial charge in [0.15, 0.2) is 0 Å². The van der Waals surface area contributed by atoms with Crippen LogP contribution in [0.2, 0.25) is 0 Å². The average Bonchev–Trinajstić information content (AvgIpc) is 3.23. The average molecular weight is 378 g/mol. The normalized spacial score (nSPS) is 16.6. The van der Waals surface area contributed by atoms with Crippen LogP contribution >= 0.6 is 11.3 Å². The van der Waals surface area contributed by atoms with Gasteiger partial charge in [0.05, 0.1) is 6.61 Å². The largest absolute Gasteiger partial charge is 0.471 e. The number of hydrogen-bond acceptors (Lipinski definition) is 4. The molecule has 1 unspecified atom stereocenters. The summed E-state index contributed by atoms with van der Waals surface area (Å²) in [5.74, 6) is -2.62. The van der Waals surface area contributed by atoms with E-state index in [2.05, 4.69) is 5.32 Å². The molecule has 1 aliphatic carbocycles. The van der Waals surface area contributed by atoms with Crippen LogP contribution in [-0.4, -0.2) is 49.2 Å². The summed E-state index contributed by atoms with van der Waals surface area (Å²) in [6.07, 6.45) is -1.51. The van der Waals surface area contributed by atoms with Crippen molar-refractivity contribution in [1.82, 2.24) is 10.2 Å². The fourth-order valence-corrected chi connectivity index (χ4v) is 3.76. The van der Waals surface area contributed by atoms with Crippen LogP contribution in [0.25, 0.3) is 0 Å². The molecule has 0 aliphatic heterocycles. The predicted molar refractivity (Wildman–Crippen MR) is 87.1 cm³/mol. The van der Waals surface area contributed by atoms with E-state index in [0.717, 1.165) is 37.0 Å². The van der Waals surface area contributed by atoms with E-state index < -0.39 is 24.0 Å². The van der Waals surface area contributed by atoms with Crippen LogP contribution in [0.15, 0.2) is 17.5 Å². The van der Waals surface area contributed by atoms with Gasteiger partial charge < -0.3 is 15.0 Å². The molecular formula is C16H21F3N2O3S. The molecule has 0 spiro atoms. The second kappa shape index (κ2) is 8.66. The second-order valence-electron chi connectivity index (χ2n) is 5.90. The highest BCUT2D eigenvalue weighted by Crippen LogP contribution is 2.30. The molecular weight excluding hydrogens is 357 g/mol. The molecule has 9 heteroatoms. The number of nitrogens with zero attached hydrogens (tertiary/aromatic N) is 1. The zero-order valence-corrected chi connectivity index (χ0v) is 14.7. The molecule has 1 aliphatic rings. The van der Waals surface area contributed by atoms with E-state index in [1.54, 1.807) is 17.5 Å². The highest BCUT2D eigenvalue weighted by Gasteiger charge is 2.46. The van der Waals surface area contributed by atoms with E-state index in [4.69, 9.17) is 4.74 Å². The molecule has 1 aromatic rings. The summed E-state index contributed by atoms with van der Waals surface area (Å²) in [4.78, 5) is 25.6. The van der Waals surface area contributed by atoms with E-state index in [-0.39, 0.29) is 19.2 Å². The number of rotatable bonds is 7. The molecule has 5 nitrogen and oxygen atoms in total. The number of thiophene rings is 1. The van der Waals surface area contributed by atoms with E-state index in [0.29, 0.717) is 9.78 Å². The van der Waals surface area contributed by atoms with Gasteiger partial charge in [0, 0.05) is 24.6 Å². The van der Waals surface area contributed by atoms with Crippen molar-refractivity contribution in [2.45, 2.75) is 43.9 Å². The van der Waals surface area contributed by atoms with Crippen LogP contribution in [0.5, 0.6) is 0 Å². The van der Waals surface area contributed by atoms with Gasteiger partial charge in [-0.15, -0.1) is 11.3 Å². The van der Waals surface area contributed by atoms with Crippen LogP contribution in [-0.2, 0) is 14.3 Å². The first-order chi connectivity index (χ1) is 11.8. The SMILES string of the molecule is COCCN(C(=O)C(F)(F)F)C(C(=O)NC1CCCC1)c1cccs1. The predicted octanol–water partition coefficient (Wildman–Crippen LogP) is 2.89. The van der Waals surface area contributed by atoms with Crippen LogP contribution in [0.1, 0.15) is 36.6 Å². The Bertz CT molecular complexity index is 572. The molecule has 1 atom stereocenters. The minimum Gasteiger partial charge on any atom is -0.383 e. The Kier molecular flexibility index (Phi) is 6.83. The van der Waals surface area contributed by atoms with Crippen molar-refractivity contribution < 1.29 is 27.5 Å². The van der Waals surface area contributed by atoms with Crippen molar-refractivity contribution in [3.8, 4) is 0 Å². The number of carbonyl (C=O) groups is 2. The first kappa shape index (κ1) is 19.7. The molecule has 1 heterocycles. The smallest absolute Gasteiger partial charge is 0.383 e. The molecule has 25 heavy (non-hydrogen) atoms. The van der Waals surface area contributed by atoms with Crippen molar-refractivity contribution in [3.63, 3.8) is 0 Å². The molecule has 1 saturated carbocycles. The lowest BCUT2D eigenvalue weighted by molar-refractivity contribution is -0.189. The molecule has 2 rings (SSSR count). The molecule has 2 amide bonds. The van der Waals surface area contributed by atoms with Gasteiger partial charge in [-0.25, -0.2) is 0 Å². The summed E-state index contributed by atoms with van der Waals surface area (Å²) in [7, 11) is 1.33. The lowest BCUT2D eigenvalue weighted by atomic mass is 10.1. The second-order valence-corrected chi connectivity index (χ2v) is 6.88. The van der Waals surface area contributed by atoms with Crippen molar-refractivity contribution in [3.05, 3.63) is 22.4 Å².